The van der Waals surface area contributed by atoms with Crippen molar-refractivity contribution in [2.45, 2.75) is 117 Å². The van der Waals surface area contributed by atoms with E-state index in [0.717, 1.165) is 69.4 Å². The minimum atomic E-state index is -3.20. The topological polar surface area (TPSA) is 86.7 Å². The molecule has 2 N–H and O–H groups in total. The van der Waals surface area contributed by atoms with Crippen LogP contribution in [0.25, 0.3) is 0 Å². The van der Waals surface area contributed by atoms with E-state index in [9.17, 15) is 18.3 Å². The van der Waals surface area contributed by atoms with Crippen molar-refractivity contribution in [3.63, 3.8) is 0 Å². The van der Waals surface area contributed by atoms with Gasteiger partial charge in [-0.15, -0.1) is 0 Å². The molecule has 4 fully saturated rings. The van der Waals surface area contributed by atoms with Gasteiger partial charge in [-0.2, -0.15) is 0 Å². The van der Waals surface area contributed by atoms with Crippen LogP contribution in [0.15, 0.2) is 11.6 Å². The number of hydrogen-bond donors (Lipinski definition) is 2. The molecule has 5 aliphatic rings. The lowest BCUT2D eigenvalue weighted by Crippen LogP contribution is -2.50. The van der Waals surface area contributed by atoms with Gasteiger partial charge in [0, 0.05) is 25.6 Å². The first kappa shape index (κ1) is 29.6. The Morgan fingerprint density at radius 2 is 1.79 bits per heavy atom. The van der Waals surface area contributed by atoms with Crippen molar-refractivity contribution >= 4 is 15.9 Å². The van der Waals surface area contributed by atoms with E-state index >= 15 is 0 Å². The van der Waals surface area contributed by atoms with Crippen LogP contribution in [-0.2, 0) is 14.8 Å². The average Bonchev–Trinajstić information content (AvgIpc) is 3.24. The van der Waals surface area contributed by atoms with Crippen molar-refractivity contribution in [2.75, 3.05) is 19.3 Å². The number of aliphatic hydroxyl groups is 1. The number of nitrogens with one attached hydrogen (secondary N) is 1. The van der Waals surface area contributed by atoms with E-state index < -0.39 is 10.0 Å². The Kier molecular flexibility index (Phi) is 8.38. The fourth-order valence-electron chi connectivity index (χ4n) is 10.4. The third-order valence-corrected chi connectivity index (χ3v) is 13.5. The number of carbonyl (C=O) groups excluding carboxylic acids is 1. The third kappa shape index (κ3) is 5.75. The molecule has 0 aromatic rings. The zero-order valence-electron chi connectivity index (χ0n) is 25.1. The monoisotopic (exact) mass is 562 g/mol. The molecular weight excluding hydrogens is 508 g/mol. The molecule has 1 unspecified atom stereocenters. The number of rotatable bonds is 7. The highest BCUT2D eigenvalue weighted by molar-refractivity contribution is 7.88. The van der Waals surface area contributed by atoms with E-state index in [1.54, 1.807) is 5.57 Å². The predicted molar refractivity (Wildman–Crippen MR) is 156 cm³/mol. The Morgan fingerprint density at radius 3 is 2.49 bits per heavy atom. The molecule has 5 rings (SSSR count). The fraction of sp³-hybridized carbons (Fsp3) is 0.906. The summed E-state index contributed by atoms with van der Waals surface area (Å²) >= 11 is 0. The van der Waals surface area contributed by atoms with Crippen molar-refractivity contribution in [1.82, 2.24) is 9.62 Å². The molecule has 0 spiro atoms. The molecule has 3 saturated carbocycles. The molecule has 0 radical (unpaired) electrons. The van der Waals surface area contributed by atoms with Crippen LogP contribution in [0.1, 0.15) is 105 Å². The third-order valence-electron chi connectivity index (χ3n) is 12.7. The molecule has 7 heteroatoms. The molecule has 0 aromatic heterocycles. The van der Waals surface area contributed by atoms with Gasteiger partial charge in [-0.25, -0.2) is 13.1 Å². The number of likely N-dealkylation sites (tertiary alicyclic amines) is 1. The number of piperidine rings is 1. The van der Waals surface area contributed by atoms with Gasteiger partial charge in [-0.05, 0) is 124 Å². The minimum absolute atomic E-state index is 0.0815. The first-order valence-corrected chi connectivity index (χ1v) is 17.8. The number of amides is 1. The summed E-state index contributed by atoms with van der Waals surface area (Å²) in [5.41, 5.74) is 2.24. The Balaban J connectivity index is 1.14. The number of hydrogen-bond acceptors (Lipinski definition) is 4. The second-order valence-corrected chi connectivity index (χ2v) is 16.6. The van der Waals surface area contributed by atoms with Crippen LogP contribution >= 0.6 is 0 Å². The quantitative estimate of drug-likeness (QED) is 0.400. The largest absolute Gasteiger partial charge is 0.393 e. The summed E-state index contributed by atoms with van der Waals surface area (Å²) in [5, 5.41) is 10.3. The molecule has 39 heavy (non-hydrogen) atoms. The highest BCUT2D eigenvalue weighted by Crippen LogP contribution is 2.67. The van der Waals surface area contributed by atoms with E-state index in [2.05, 4.69) is 31.6 Å². The van der Waals surface area contributed by atoms with Crippen molar-refractivity contribution in [1.29, 1.82) is 0 Å². The number of nitrogens with zero attached hydrogens (tertiary/aromatic N) is 1. The molecule has 1 amide bonds. The Hall–Kier alpha value is -0.920. The van der Waals surface area contributed by atoms with E-state index in [4.69, 9.17) is 0 Å². The molecule has 1 saturated heterocycles. The molecule has 1 heterocycles. The normalized spacial score (nSPS) is 40.7. The lowest BCUT2D eigenvalue weighted by molar-refractivity contribution is -0.133. The van der Waals surface area contributed by atoms with E-state index in [0.29, 0.717) is 35.0 Å². The van der Waals surface area contributed by atoms with Gasteiger partial charge in [0.25, 0.3) is 0 Å². The lowest BCUT2D eigenvalue weighted by atomic mass is 9.47. The maximum atomic E-state index is 13.2. The summed E-state index contributed by atoms with van der Waals surface area (Å²) in [4.78, 5) is 15.2. The SMILES string of the molecule is CC(NS(C)(=O)=O)C1CCN(C(=O)CC[C@@H](C)[C@H]2CC[C@H]3[C@@H]4CC=C5C[C@@H](O)CC[C@]5(C)[C@H]4CC[C@]23C)CC1. The van der Waals surface area contributed by atoms with Crippen LogP contribution in [0.4, 0.5) is 0 Å². The Labute approximate surface area is 237 Å². The van der Waals surface area contributed by atoms with Gasteiger partial charge in [0.15, 0.2) is 0 Å². The maximum Gasteiger partial charge on any atom is 0.222 e. The first-order chi connectivity index (χ1) is 18.3. The summed E-state index contributed by atoms with van der Waals surface area (Å²) in [6.45, 7) is 10.9. The number of aliphatic hydroxyl groups excluding tert-OH is 1. The van der Waals surface area contributed by atoms with E-state index in [1.807, 2.05) is 11.8 Å². The molecule has 4 aliphatic carbocycles. The van der Waals surface area contributed by atoms with Gasteiger partial charge in [-0.1, -0.05) is 32.4 Å². The second-order valence-electron chi connectivity index (χ2n) is 14.8. The van der Waals surface area contributed by atoms with Gasteiger partial charge < -0.3 is 10.0 Å². The number of fused-ring (bicyclic) bond motifs is 5. The van der Waals surface area contributed by atoms with Gasteiger partial charge >= 0.3 is 0 Å². The van der Waals surface area contributed by atoms with Crippen LogP contribution < -0.4 is 4.72 Å². The highest BCUT2D eigenvalue weighted by Gasteiger charge is 2.59. The van der Waals surface area contributed by atoms with E-state index in [-0.39, 0.29) is 18.1 Å². The van der Waals surface area contributed by atoms with Gasteiger partial charge in [-0.3, -0.25) is 4.79 Å². The predicted octanol–water partition coefficient (Wildman–Crippen LogP) is 5.52. The summed E-state index contributed by atoms with van der Waals surface area (Å²) in [7, 11) is -3.20. The Bertz CT molecular complexity index is 1050. The first-order valence-electron chi connectivity index (χ1n) is 15.9. The van der Waals surface area contributed by atoms with Gasteiger partial charge in [0.2, 0.25) is 15.9 Å². The molecule has 0 aromatic carbocycles. The number of carbonyl (C=O) groups is 1. The molecule has 0 bridgehead atoms. The van der Waals surface area contributed by atoms with Crippen molar-refractivity contribution in [3.05, 3.63) is 11.6 Å². The van der Waals surface area contributed by atoms with Gasteiger partial charge in [0.05, 0.1) is 12.4 Å². The molecule has 222 valence electrons. The molecular formula is C32H54N2O4S. The average molecular weight is 563 g/mol. The van der Waals surface area contributed by atoms with Crippen molar-refractivity contribution < 1.29 is 18.3 Å². The number of sulfonamides is 1. The summed E-state index contributed by atoms with van der Waals surface area (Å²) in [6.07, 6.45) is 16.5. The van der Waals surface area contributed by atoms with Crippen molar-refractivity contribution in [3.8, 4) is 0 Å². The van der Waals surface area contributed by atoms with Crippen LogP contribution in [-0.4, -0.2) is 55.8 Å². The summed E-state index contributed by atoms with van der Waals surface area (Å²) in [6, 6.07) is -0.0815. The van der Waals surface area contributed by atoms with Crippen LogP contribution in [0.3, 0.4) is 0 Å². The highest BCUT2D eigenvalue weighted by atomic mass is 32.2. The summed E-state index contributed by atoms with van der Waals surface area (Å²) in [5.74, 6) is 4.19. The molecule has 9 atom stereocenters. The Morgan fingerprint density at radius 1 is 1.08 bits per heavy atom. The molecule has 1 aliphatic heterocycles. The van der Waals surface area contributed by atoms with Crippen LogP contribution in [0.5, 0.6) is 0 Å². The zero-order valence-corrected chi connectivity index (χ0v) is 25.9. The van der Waals surface area contributed by atoms with Gasteiger partial charge in [0.1, 0.15) is 0 Å². The maximum absolute atomic E-state index is 13.2. The van der Waals surface area contributed by atoms with E-state index in [1.165, 1.54) is 38.4 Å². The second kappa shape index (κ2) is 11.1. The summed E-state index contributed by atoms with van der Waals surface area (Å²) < 4.78 is 25.9. The van der Waals surface area contributed by atoms with Crippen LogP contribution in [0, 0.1) is 46.3 Å². The van der Waals surface area contributed by atoms with Crippen LogP contribution in [0.2, 0.25) is 0 Å². The van der Waals surface area contributed by atoms with Crippen molar-refractivity contribution in [2.24, 2.45) is 46.3 Å². The minimum Gasteiger partial charge on any atom is -0.393 e. The standard InChI is InChI=1S/C32H54N2O4S/c1-21(6-11-30(36)34-18-14-23(15-19-34)22(2)33-39(5,37)38)27-9-10-28-26-8-7-24-20-25(35)12-16-31(24,3)29(26)13-17-32(27,28)4/h7,21-23,25-29,33,35H,6,8-20H2,1-5H3/t21-,22?,25+,26+,27-,28+,29+,31+,32-/m1/s1. The lowest BCUT2D eigenvalue weighted by Gasteiger charge is -2.58. The number of allylic oxidation sites excluding steroid dienone is 1. The zero-order chi connectivity index (χ0) is 28.2. The smallest absolute Gasteiger partial charge is 0.222 e. The fourth-order valence-corrected chi connectivity index (χ4v) is 11.3. The molecule has 6 nitrogen and oxygen atoms in total.